The number of carbonyl (C=O) groups excluding carboxylic acids is 2. The van der Waals surface area contributed by atoms with Crippen LogP contribution in [0.25, 0.3) is 5.65 Å². The second-order valence-corrected chi connectivity index (χ2v) is 5.19. The molecule has 0 saturated heterocycles. The van der Waals surface area contributed by atoms with Gasteiger partial charge in [-0.05, 0) is 13.8 Å². The van der Waals surface area contributed by atoms with Gasteiger partial charge in [-0.25, -0.2) is 9.50 Å². The van der Waals surface area contributed by atoms with Gasteiger partial charge in [0.2, 0.25) is 0 Å². The normalized spacial score (nSPS) is 14.4. The van der Waals surface area contributed by atoms with Crippen molar-refractivity contribution in [1.29, 1.82) is 0 Å². The fourth-order valence-electron chi connectivity index (χ4n) is 2.35. The third-order valence-corrected chi connectivity index (χ3v) is 3.50. The van der Waals surface area contributed by atoms with Gasteiger partial charge in [-0.3, -0.25) is 19.5 Å². The molecule has 2 aromatic heterocycles. The lowest BCUT2D eigenvalue weighted by Gasteiger charge is -2.19. The number of ketones is 1. The second-order valence-electron chi connectivity index (χ2n) is 5.19. The van der Waals surface area contributed by atoms with Crippen molar-refractivity contribution in [2.45, 2.75) is 33.4 Å². The van der Waals surface area contributed by atoms with E-state index in [1.165, 1.54) is 17.5 Å². The van der Waals surface area contributed by atoms with E-state index < -0.39 is 0 Å². The van der Waals surface area contributed by atoms with Gasteiger partial charge in [0.1, 0.15) is 11.4 Å². The van der Waals surface area contributed by atoms with Crippen molar-refractivity contribution in [3.8, 4) is 0 Å². The topological polar surface area (TPSA) is 87.5 Å². The molecular weight excluding hydrogens is 260 g/mol. The van der Waals surface area contributed by atoms with Crippen LogP contribution in [-0.2, 0) is 6.54 Å². The van der Waals surface area contributed by atoms with Crippen molar-refractivity contribution in [2.24, 2.45) is 0 Å². The first-order valence-corrected chi connectivity index (χ1v) is 6.36. The van der Waals surface area contributed by atoms with E-state index in [1.54, 1.807) is 4.90 Å². The summed E-state index contributed by atoms with van der Waals surface area (Å²) in [6.45, 7) is 5.44. The zero-order valence-corrected chi connectivity index (χ0v) is 11.4. The average Bonchev–Trinajstić information content (AvgIpc) is 2.93. The molecule has 0 unspecified atom stereocenters. The number of aromatic amines is 1. The molecule has 7 heteroatoms. The van der Waals surface area contributed by atoms with Crippen molar-refractivity contribution in [2.75, 3.05) is 0 Å². The van der Waals surface area contributed by atoms with Crippen LogP contribution < -0.4 is 5.56 Å². The summed E-state index contributed by atoms with van der Waals surface area (Å²) in [4.78, 5) is 41.7. The minimum absolute atomic E-state index is 0.00669. The van der Waals surface area contributed by atoms with Gasteiger partial charge in [-0.15, -0.1) is 0 Å². The summed E-state index contributed by atoms with van der Waals surface area (Å²) >= 11 is 0. The van der Waals surface area contributed by atoms with E-state index in [-0.39, 0.29) is 41.2 Å². The third-order valence-electron chi connectivity index (χ3n) is 3.50. The van der Waals surface area contributed by atoms with Crippen LogP contribution in [0.1, 0.15) is 47.3 Å². The van der Waals surface area contributed by atoms with E-state index in [0.717, 1.165) is 0 Å². The van der Waals surface area contributed by atoms with Crippen LogP contribution in [0.15, 0.2) is 10.9 Å². The molecule has 7 nitrogen and oxygen atoms in total. The first kappa shape index (κ1) is 12.6. The van der Waals surface area contributed by atoms with E-state index in [4.69, 9.17) is 0 Å². The van der Waals surface area contributed by atoms with Crippen molar-refractivity contribution in [1.82, 2.24) is 19.5 Å². The molecule has 0 aliphatic carbocycles. The van der Waals surface area contributed by atoms with Crippen LogP contribution in [0.2, 0.25) is 0 Å². The summed E-state index contributed by atoms with van der Waals surface area (Å²) in [6.07, 6.45) is 0. The van der Waals surface area contributed by atoms with Crippen molar-refractivity contribution >= 4 is 17.3 Å². The van der Waals surface area contributed by atoms with Crippen molar-refractivity contribution < 1.29 is 9.59 Å². The van der Waals surface area contributed by atoms with E-state index in [0.29, 0.717) is 11.3 Å². The minimum atomic E-state index is -0.325. The number of aromatic nitrogens is 3. The Labute approximate surface area is 114 Å². The number of rotatable bonds is 2. The van der Waals surface area contributed by atoms with Crippen LogP contribution in [0.3, 0.4) is 0 Å². The highest BCUT2D eigenvalue weighted by Gasteiger charge is 2.34. The molecule has 104 valence electrons. The van der Waals surface area contributed by atoms with Gasteiger partial charge in [-0.2, -0.15) is 0 Å². The zero-order chi connectivity index (χ0) is 14.6. The van der Waals surface area contributed by atoms with Gasteiger partial charge in [-0.1, -0.05) is 0 Å². The standard InChI is InChI=1S/C13H14N4O3/c1-6(2)16-5-8-11(13(16)20)14-10-4-9(7(3)18)15-17(10)12(8)19/h4,6,15H,5H2,1-3H3. The highest BCUT2D eigenvalue weighted by molar-refractivity contribution is 5.97. The molecule has 2 aromatic rings. The van der Waals surface area contributed by atoms with Gasteiger partial charge in [0.25, 0.3) is 11.5 Å². The molecule has 3 rings (SSSR count). The Morgan fingerprint density at radius 1 is 1.40 bits per heavy atom. The molecule has 1 aliphatic rings. The molecule has 3 heterocycles. The largest absolute Gasteiger partial charge is 0.330 e. The summed E-state index contributed by atoms with van der Waals surface area (Å²) in [7, 11) is 0. The monoisotopic (exact) mass is 274 g/mol. The highest BCUT2D eigenvalue weighted by atomic mass is 16.2. The van der Waals surface area contributed by atoms with Gasteiger partial charge in [0.15, 0.2) is 11.4 Å². The van der Waals surface area contributed by atoms with Gasteiger partial charge < -0.3 is 4.90 Å². The molecule has 0 spiro atoms. The summed E-state index contributed by atoms with van der Waals surface area (Å²) in [5.74, 6) is -0.426. The van der Waals surface area contributed by atoms with Gasteiger partial charge in [0.05, 0.1) is 12.1 Å². The Kier molecular flexibility index (Phi) is 2.53. The Bertz CT molecular complexity index is 800. The number of hydrogen-bond donors (Lipinski definition) is 1. The maximum absolute atomic E-state index is 12.4. The van der Waals surface area contributed by atoms with Crippen molar-refractivity contribution in [3.63, 3.8) is 0 Å². The van der Waals surface area contributed by atoms with Crippen LogP contribution in [0.5, 0.6) is 0 Å². The number of hydrogen-bond acceptors (Lipinski definition) is 4. The SMILES string of the molecule is CC(=O)c1cc2nc3c(c(=O)n2[nH]1)CN(C(C)C)C3=O. The third kappa shape index (κ3) is 1.59. The molecule has 1 amide bonds. The first-order valence-electron chi connectivity index (χ1n) is 6.36. The molecule has 0 aromatic carbocycles. The number of Topliss-reactive ketones (excluding diaryl/α,β-unsaturated/α-hetero) is 1. The van der Waals surface area contributed by atoms with E-state index in [2.05, 4.69) is 10.1 Å². The van der Waals surface area contributed by atoms with Crippen LogP contribution >= 0.6 is 0 Å². The van der Waals surface area contributed by atoms with Crippen LogP contribution in [-0.4, -0.2) is 37.2 Å². The number of fused-ring (bicyclic) bond motifs is 2. The first-order chi connectivity index (χ1) is 9.40. The summed E-state index contributed by atoms with van der Waals surface area (Å²) in [6, 6.07) is 1.49. The van der Waals surface area contributed by atoms with E-state index >= 15 is 0 Å². The summed E-state index contributed by atoms with van der Waals surface area (Å²) in [5, 5.41) is 2.71. The number of amides is 1. The summed E-state index contributed by atoms with van der Waals surface area (Å²) in [5.41, 5.74) is 0.828. The van der Waals surface area contributed by atoms with Gasteiger partial charge in [0, 0.05) is 19.0 Å². The molecule has 1 aliphatic heterocycles. The quantitative estimate of drug-likeness (QED) is 0.812. The second kappa shape index (κ2) is 4.03. The van der Waals surface area contributed by atoms with Gasteiger partial charge >= 0.3 is 0 Å². The van der Waals surface area contributed by atoms with Crippen LogP contribution in [0.4, 0.5) is 0 Å². The van der Waals surface area contributed by atoms with Crippen molar-refractivity contribution in [3.05, 3.63) is 33.4 Å². The molecule has 20 heavy (non-hydrogen) atoms. The minimum Gasteiger partial charge on any atom is -0.330 e. The number of H-pyrrole nitrogens is 1. The Balaban J connectivity index is 2.24. The lowest BCUT2D eigenvalue weighted by atomic mass is 10.2. The fraction of sp³-hybridized carbons (Fsp3) is 0.385. The molecule has 0 fully saturated rings. The molecular formula is C13H14N4O3. The maximum atomic E-state index is 12.4. The predicted octanol–water partition coefficient (Wildman–Crippen LogP) is 0.589. The Hall–Kier alpha value is -2.44. The molecule has 0 bridgehead atoms. The lowest BCUT2D eigenvalue weighted by molar-refractivity contribution is 0.0726. The maximum Gasteiger partial charge on any atom is 0.278 e. The summed E-state index contributed by atoms with van der Waals surface area (Å²) < 4.78 is 1.21. The number of nitrogens with one attached hydrogen (secondary N) is 1. The molecule has 0 saturated carbocycles. The van der Waals surface area contributed by atoms with E-state index in [1.807, 2.05) is 13.8 Å². The smallest absolute Gasteiger partial charge is 0.278 e. The lowest BCUT2D eigenvalue weighted by Crippen LogP contribution is -2.31. The number of nitrogens with zero attached hydrogens (tertiary/aromatic N) is 3. The Morgan fingerprint density at radius 2 is 2.10 bits per heavy atom. The number of carbonyl (C=O) groups is 2. The predicted molar refractivity (Wildman–Crippen MR) is 70.8 cm³/mol. The molecule has 1 N–H and O–H groups in total. The Morgan fingerprint density at radius 3 is 2.70 bits per heavy atom. The van der Waals surface area contributed by atoms with Crippen LogP contribution in [0, 0.1) is 0 Å². The molecule has 0 radical (unpaired) electrons. The molecule has 0 atom stereocenters. The fourth-order valence-corrected chi connectivity index (χ4v) is 2.35. The zero-order valence-electron chi connectivity index (χ0n) is 11.4. The highest BCUT2D eigenvalue weighted by Crippen LogP contribution is 2.21. The van der Waals surface area contributed by atoms with E-state index in [9.17, 15) is 14.4 Å². The average molecular weight is 274 g/mol.